The van der Waals surface area contributed by atoms with Crippen LogP contribution in [0.1, 0.15) is 19.8 Å². The standard InChI is InChI=1S/C12H25N3O3/c1-10(12(17)14-7-5-9-18-4)13-8-6-11(16)15(2)3/h10,13H,5-9H2,1-4H3,(H,14,17). The van der Waals surface area contributed by atoms with Crippen molar-refractivity contribution in [2.45, 2.75) is 25.8 Å². The first-order valence-corrected chi connectivity index (χ1v) is 6.19. The number of amides is 2. The number of carbonyl (C=O) groups excluding carboxylic acids is 2. The Morgan fingerprint density at radius 2 is 1.94 bits per heavy atom. The van der Waals surface area contributed by atoms with Gasteiger partial charge in [0, 0.05) is 47.3 Å². The van der Waals surface area contributed by atoms with Gasteiger partial charge in [-0.25, -0.2) is 0 Å². The van der Waals surface area contributed by atoms with Crippen LogP contribution < -0.4 is 10.6 Å². The minimum Gasteiger partial charge on any atom is -0.385 e. The van der Waals surface area contributed by atoms with Crippen LogP contribution in [0.2, 0.25) is 0 Å². The third-order valence-corrected chi connectivity index (χ3v) is 2.51. The maximum atomic E-state index is 11.6. The smallest absolute Gasteiger partial charge is 0.236 e. The summed E-state index contributed by atoms with van der Waals surface area (Å²) in [5.74, 6) is -0.00129. The van der Waals surface area contributed by atoms with Gasteiger partial charge >= 0.3 is 0 Å². The highest BCUT2D eigenvalue weighted by atomic mass is 16.5. The van der Waals surface area contributed by atoms with Crippen LogP contribution in [-0.4, -0.2) is 63.7 Å². The van der Waals surface area contributed by atoms with E-state index in [4.69, 9.17) is 4.74 Å². The molecule has 0 spiro atoms. The largest absolute Gasteiger partial charge is 0.385 e. The Bertz CT molecular complexity index is 257. The number of nitrogens with one attached hydrogen (secondary N) is 2. The molecule has 0 fully saturated rings. The van der Waals surface area contributed by atoms with Crippen LogP contribution in [0, 0.1) is 0 Å². The zero-order valence-corrected chi connectivity index (χ0v) is 11.8. The molecule has 0 aromatic rings. The molecule has 0 heterocycles. The van der Waals surface area contributed by atoms with Crippen LogP contribution in [0.3, 0.4) is 0 Å². The zero-order valence-electron chi connectivity index (χ0n) is 11.8. The SMILES string of the molecule is COCCCNC(=O)C(C)NCCC(=O)N(C)C. The quantitative estimate of drug-likeness (QED) is 0.553. The molecule has 2 N–H and O–H groups in total. The molecule has 0 saturated carbocycles. The molecule has 106 valence electrons. The second kappa shape index (κ2) is 9.85. The van der Waals surface area contributed by atoms with Crippen molar-refractivity contribution >= 4 is 11.8 Å². The van der Waals surface area contributed by atoms with Crippen molar-refractivity contribution < 1.29 is 14.3 Å². The van der Waals surface area contributed by atoms with Crippen molar-refractivity contribution in [2.75, 3.05) is 40.9 Å². The Labute approximate surface area is 109 Å². The highest BCUT2D eigenvalue weighted by Crippen LogP contribution is 1.88. The lowest BCUT2D eigenvalue weighted by molar-refractivity contribution is -0.129. The molecule has 0 aliphatic carbocycles. The van der Waals surface area contributed by atoms with Crippen LogP contribution in [0.4, 0.5) is 0 Å². The molecule has 0 rings (SSSR count). The van der Waals surface area contributed by atoms with E-state index in [1.54, 1.807) is 28.1 Å². The van der Waals surface area contributed by atoms with Crippen molar-refractivity contribution in [1.29, 1.82) is 0 Å². The van der Waals surface area contributed by atoms with E-state index in [0.29, 0.717) is 26.1 Å². The zero-order chi connectivity index (χ0) is 14.0. The minimum atomic E-state index is -0.289. The number of rotatable bonds is 9. The van der Waals surface area contributed by atoms with Crippen LogP contribution in [-0.2, 0) is 14.3 Å². The molecule has 0 saturated heterocycles. The monoisotopic (exact) mass is 259 g/mol. The highest BCUT2D eigenvalue weighted by Gasteiger charge is 2.12. The molecule has 0 aliphatic rings. The molecule has 6 nitrogen and oxygen atoms in total. The summed E-state index contributed by atoms with van der Waals surface area (Å²) in [7, 11) is 5.07. The van der Waals surface area contributed by atoms with Crippen LogP contribution >= 0.6 is 0 Å². The van der Waals surface area contributed by atoms with Gasteiger partial charge in [0.25, 0.3) is 0 Å². The Hall–Kier alpha value is -1.14. The van der Waals surface area contributed by atoms with E-state index in [-0.39, 0.29) is 17.9 Å². The van der Waals surface area contributed by atoms with Crippen LogP contribution in [0.25, 0.3) is 0 Å². The predicted molar refractivity (Wildman–Crippen MR) is 70.3 cm³/mol. The Morgan fingerprint density at radius 3 is 2.50 bits per heavy atom. The first-order valence-electron chi connectivity index (χ1n) is 6.19. The number of hydrogen-bond donors (Lipinski definition) is 2. The first kappa shape index (κ1) is 16.9. The van der Waals surface area contributed by atoms with Gasteiger partial charge in [-0.2, -0.15) is 0 Å². The highest BCUT2D eigenvalue weighted by molar-refractivity contribution is 5.81. The number of hydrogen-bond acceptors (Lipinski definition) is 4. The van der Waals surface area contributed by atoms with Gasteiger partial charge in [0.15, 0.2) is 0 Å². The summed E-state index contributed by atoms with van der Waals surface area (Å²) in [6.07, 6.45) is 1.20. The molecule has 0 aliphatic heterocycles. The molecule has 0 bridgehead atoms. The van der Waals surface area contributed by atoms with E-state index in [9.17, 15) is 9.59 Å². The summed E-state index contributed by atoms with van der Waals surface area (Å²) in [5, 5.41) is 5.82. The number of carbonyl (C=O) groups is 2. The number of nitrogens with zero attached hydrogens (tertiary/aromatic N) is 1. The summed E-state index contributed by atoms with van der Waals surface area (Å²) in [6.45, 7) is 3.53. The lowest BCUT2D eigenvalue weighted by atomic mass is 10.3. The summed E-state index contributed by atoms with van der Waals surface area (Å²) in [5.41, 5.74) is 0. The summed E-state index contributed by atoms with van der Waals surface area (Å²) >= 11 is 0. The summed E-state index contributed by atoms with van der Waals surface area (Å²) < 4.78 is 4.89. The average Bonchev–Trinajstić information content (AvgIpc) is 2.33. The van der Waals surface area contributed by atoms with Crippen molar-refractivity contribution in [1.82, 2.24) is 15.5 Å². The molecule has 6 heteroatoms. The molecule has 0 aromatic heterocycles. The second-order valence-corrected chi connectivity index (χ2v) is 4.35. The third kappa shape index (κ3) is 8.03. The topological polar surface area (TPSA) is 70.7 Å². The molecule has 0 radical (unpaired) electrons. The lowest BCUT2D eigenvalue weighted by Gasteiger charge is -2.15. The molecule has 1 unspecified atom stereocenters. The van der Waals surface area contributed by atoms with Crippen LogP contribution in [0.5, 0.6) is 0 Å². The van der Waals surface area contributed by atoms with Gasteiger partial charge in [-0.15, -0.1) is 0 Å². The summed E-state index contributed by atoms with van der Waals surface area (Å²) in [4.78, 5) is 24.5. The van der Waals surface area contributed by atoms with Gasteiger partial charge < -0.3 is 20.3 Å². The Balaban J connectivity index is 3.65. The lowest BCUT2D eigenvalue weighted by Crippen LogP contribution is -2.43. The molecule has 1 atom stereocenters. The second-order valence-electron chi connectivity index (χ2n) is 4.35. The fraction of sp³-hybridized carbons (Fsp3) is 0.833. The van der Waals surface area contributed by atoms with Crippen molar-refractivity contribution in [3.8, 4) is 0 Å². The number of ether oxygens (including phenoxy) is 1. The van der Waals surface area contributed by atoms with Gasteiger partial charge in [-0.05, 0) is 13.3 Å². The van der Waals surface area contributed by atoms with Gasteiger partial charge in [0.05, 0.1) is 6.04 Å². The van der Waals surface area contributed by atoms with Gasteiger partial charge in [0.2, 0.25) is 11.8 Å². The van der Waals surface area contributed by atoms with E-state index in [0.717, 1.165) is 6.42 Å². The predicted octanol–water partition coefficient (Wildman–Crippen LogP) is -0.404. The molecular formula is C12H25N3O3. The normalized spacial score (nSPS) is 12.0. The van der Waals surface area contributed by atoms with Crippen molar-refractivity contribution in [3.05, 3.63) is 0 Å². The molecule has 0 aromatic carbocycles. The molecule has 18 heavy (non-hydrogen) atoms. The van der Waals surface area contributed by atoms with E-state index < -0.39 is 0 Å². The van der Waals surface area contributed by atoms with Gasteiger partial charge in [0.1, 0.15) is 0 Å². The van der Waals surface area contributed by atoms with Crippen molar-refractivity contribution in [2.24, 2.45) is 0 Å². The van der Waals surface area contributed by atoms with Gasteiger partial charge in [-0.3, -0.25) is 9.59 Å². The van der Waals surface area contributed by atoms with E-state index in [1.807, 2.05) is 0 Å². The van der Waals surface area contributed by atoms with Crippen molar-refractivity contribution in [3.63, 3.8) is 0 Å². The maximum absolute atomic E-state index is 11.6. The minimum absolute atomic E-state index is 0.0511. The average molecular weight is 259 g/mol. The fourth-order valence-corrected chi connectivity index (χ4v) is 1.29. The molecule has 2 amide bonds. The van der Waals surface area contributed by atoms with E-state index in [2.05, 4.69) is 10.6 Å². The Kier molecular flexibility index (Phi) is 9.22. The first-order chi connectivity index (χ1) is 8.49. The fourth-order valence-electron chi connectivity index (χ4n) is 1.29. The summed E-state index contributed by atoms with van der Waals surface area (Å²) in [6, 6.07) is -0.289. The van der Waals surface area contributed by atoms with E-state index >= 15 is 0 Å². The van der Waals surface area contributed by atoms with E-state index in [1.165, 1.54) is 4.90 Å². The van der Waals surface area contributed by atoms with Crippen LogP contribution in [0.15, 0.2) is 0 Å². The third-order valence-electron chi connectivity index (χ3n) is 2.51. The number of methoxy groups -OCH3 is 1. The Morgan fingerprint density at radius 1 is 1.28 bits per heavy atom. The maximum Gasteiger partial charge on any atom is 0.236 e. The molecular weight excluding hydrogens is 234 g/mol. The van der Waals surface area contributed by atoms with Gasteiger partial charge in [-0.1, -0.05) is 0 Å².